The van der Waals surface area contributed by atoms with Gasteiger partial charge in [0.05, 0.1) is 13.2 Å². The summed E-state index contributed by atoms with van der Waals surface area (Å²) in [6.07, 6.45) is 2.40. The van der Waals surface area contributed by atoms with Crippen LogP contribution in [0.4, 0.5) is 0 Å². The van der Waals surface area contributed by atoms with Crippen LogP contribution in [0.15, 0.2) is 0 Å². The van der Waals surface area contributed by atoms with Gasteiger partial charge >= 0.3 is 0 Å². The summed E-state index contributed by atoms with van der Waals surface area (Å²) in [6.45, 7) is 8.34. The molecule has 0 unspecified atom stereocenters. The maximum atomic E-state index is 5.38. The summed E-state index contributed by atoms with van der Waals surface area (Å²) in [7, 11) is 0. The van der Waals surface area contributed by atoms with E-state index in [1.807, 2.05) is 0 Å². The van der Waals surface area contributed by atoms with Crippen LogP contribution in [-0.4, -0.2) is 19.5 Å². The average molecular weight is 172 g/mol. The van der Waals surface area contributed by atoms with Gasteiger partial charge in [0.25, 0.3) is 0 Å². The monoisotopic (exact) mass is 172 g/mol. The molecule has 0 aromatic rings. The normalized spacial score (nSPS) is 22.0. The second-order valence-corrected chi connectivity index (χ2v) is 4.14. The van der Waals surface area contributed by atoms with Gasteiger partial charge in [-0.2, -0.15) is 0 Å². The second kappa shape index (κ2) is 4.83. The topological polar surface area (TPSA) is 18.5 Å². The highest BCUT2D eigenvalue weighted by Crippen LogP contribution is 2.20. The molecule has 1 rings (SSSR count). The molecule has 1 atom stereocenters. The first-order chi connectivity index (χ1) is 5.68. The maximum absolute atomic E-state index is 5.38. The highest BCUT2D eigenvalue weighted by atomic mass is 16.7. The number of ether oxygens (including phenoxy) is 2. The molecule has 0 amide bonds. The Morgan fingerprint density at radius 2 is 1.75 bits per heavy atom. The molecule has 0 spiro atoms. The van der Waals surface area contributed by atoms with Gasteiger partial charge in [-0.1, -0.05) is 20.8 Å². The van der Waals surface area contributed by atoms with Crippen LogP contribution in [-0.2, 0) is 9.47 Å². The van der Waals surface area contributed by atoms with Crippen molar-refractivity contribution in [2.45, 2.75) is 39.9 Å². The van der Waals surface area contributed by atoms with Crippen molar-refractivity contribution in [2.24, 2.45) is 11.8 Å². The summed E-state index contributed by atoms with van der Waals surface area (Å²) >= 11 is 0. The van der Waals surface area contributed by atoms with Crippen LogP contribution in [0, 0.1) is 11.8 Å². The first kappa shape index (κ1) is 10.0. The van der Waals surface area contributed by atoms with E-state index in [-0.39, 0.29) is 6.29 Å². The van der Waals surface area contributed by atoms with E-state index in [2.05, 4.69) is 20.8 Å². The standard InChI is InChI=1S/C10H20O2/c1-8(2)6-9(3)7-10-11-4-5-12-10/h8-10H,4-7H2,1-3H3/t9-/m1/s1. The lowest BCUT2D eigenvalue weighted by atomic mass is 9.96. The van der Waals surface area contributed by atoms with E-state index in [4.69, 9.17) is 9.47 Å². The van der Waals surface area contributed by atoms with E-state index in [0.717, 1.165) is 25.6 Å². The quantitative estimate of drug-likeness (QED) is 0.648. The smallest absolute Gasteiger partial charge is 0.158 e. The zero-order valence-corrected chi connectivity index (χ0v) is 8.38. The van der Waals surface area contributed by atoms with Crippen LogP contribution in [0.1, 0.15) is 33.6 Å². The summed E-state index contributed by atoms with van der Waals surface area (Å²) in [5, 5.41) is 0. The van der Waals surface area contributed by atoms with Gasteiger partial charge in [-0.25, -0.2) is 0 Å². The van der Waals surface area contributed by atoms with Crippen molar-refractivity contribution in [3.63, 3.8) is 0 Å². The van der Waals surface area contributed by atoms with E-state index in [1.54, 1.807) is 0 Å². The molecule has 0 aromatic heterocycles. The van der Waals surface area contributed by atoms with Crippen molar-refractivity contribution in [1.82, 2.24) is 0 Å². The van der Waals surface area contributed by atoms with Crippen LogP contribution in [0.2, 0.25) is 0 Å². The van der Waals surface area contributed by atoms with Gasteiger partial charge in [0.2, 0.25) is 0 Å². The zero-order chi connectivity index (χ0) is 8.97. The van der Waals surface area contributed by atoms with Crippen LogP contribution in [0.5, 0.6) is 0 Å². The second-order valence-electron chi connectivity index (χ2n) is 4.14. The molecule has 0 saturated carbocycles. The third kappa shape index (κ3) is 3.55. The minimum absolute atomic E-state index is 0.0822. The third-order valence-electron chi connectivity index (χ3n) is 2.16. The van der Waals surface area contributed by atoms with E-state index < -0.39 is 0 Å². The molecule has 12 heavy (non-hydrogen) atoms. The molecule has 2 nitrogen and oxygen atoms in total. The largest absolute Gasteiger partial charge is 0.350 e. The number of hydrogen-bond donors (Lipinski definition) is 0. The Morgan fingerprint density at radius 3 is 2.25 bits per heavy atom. The Balaban J connectivity index is 2.11. The average Bonchev–Trinajstić information content (AvgIpc) is 2.37. The summed E-state index contributed by atoms with van der Waals surface area (Å²) in [6, 6.07) is 0. The highest BCUT2D eigenvalue weighted by Gasteiger charge is 2.19. The fourth-order valence-corrected chi connectivity index (χ4v) is 1.77. The molecule has 1 heterocycles. The number of rotatable bonds is 4. The minimum atomic E-state index is 0.0822. The molecule has 0 radical (unpaired) electrons. The highest BCUT2D eigenvalue weighted by molar-refractivity contribution is 4.61. The Kier molecular flexibility index (Phi) is 4.02. The van der Waals surface area contributed by atoms with Gasteiger partial charge in [-0.05, 0) is 18.3 Å². The van der Waals surface area contributed by atoms with Gasteiger partial charge in [0.1, 0.15) is 0 Å². The Bertz CT molecular complexity index is 117. The van der Waals surface area contributed by atoms with Gasteiger partial charge in [-0.15, -0.1) is 0 Å². The van der Waals surface area contributed by atoms with E-state index in [0.29, 0.717) is 5.92 Å². The third-order valence-corrected chi connectivity index (χ3v) is 2.16. The lowest BCUT2D eigenvalue weighted by Crippen LogP contribution is -2.13. The predicted octanol–water partition coefficient (Wildman–Crippen LogP) is 2.43. The fourth-order valence-electron chi connectivity index (χ4n) is 1.77. The van der Waals surface area contributed by atoms with Crippen molar-refractivity contribution in [3.8, 4) is 0 Å². The fraction of sp³-hybridized carbons (Fsp3) is 1.00. The van der Waals surface area contributed by atoms with Crippen molar-refractivity contribution >= 4 is 0 Å². The summed E-state index contributed by atoms with van der Waals surface area (Å²) in [4.78, 5) is 0. The first-order valence-electron chi connectivity index (χ1n) is 4.91. The molecule has 0 aromatic carbocycles. The molecule has 0 bridgehead atoms. The molecular formula is C10H20O2. The van der Waals surface area contributed by atoms with Gasteiger partial charge in [0.15, 0.2) is 6.29 Å². The number of hydrogen-bond acceptors (Lipinski definition) is 2. The van der Waals surface area contributed by atoms with Crippen LogP contribution in [0.3, 0.4) is 0 Å². The lowest BCUT2D eigenvalue weighted by molar-refractivity contribution is -0.0568. The molecule has 0 aliphatic carbocycles. The van der Waals surface area contributed by atoms with Crippen LogP contribution in [0.25, 0.3) is 0 Å². The van der Waals surface area contributed by atoms with Gasteiger partial charge in [-0.3, -0.25) is 0 Å². The first-order valence-corrected chi connectivity index (χ1v) is 4.91. The molecule has 72 valence electrons. The van der Waals surface area contributed by atoms with Gasteiger partial charge < -0.3 is 9.47 Å². The maximum Gasteiger partial charge on any atom is 0.158 e. The van der Waals surface area contributed by atoms with Crippen molar-refractivity contribution in [3.05, 3.63) is 0 Å². The predicted molar refractivity (Wildman–Crippen MR) is 48.9 cm³/mol. The summed E-state index contributed by atoms with van der Waals surface area (Å²) < 4.78 is 10.8. The van der Waals surface area contributed by atoms with E-state index in [9.17, 15) is 0 Å². The summed E-state index contributed by atoms with van der Waals surface area (Å²) in [5.74, 6) is 1.49. The van der Waals surface area contributed by atoms with E-state index in [1.165, 1.54) is 6.42 Å². The van der Waals surface area contributed by atoms with E-state index >= 15 is 0 Å². The zero-order valence-electron chi connectivity index (χ0n) is 8.38. The Morgan fingerprint density at radius 1 is 1.17 bits per heavy atom. The van der Waals surface area contributed by atoms with Crippen molar-refractivity contribution in [2.75, 3.05) is 13.2 Å². The Labute approximate surface area is 75.2 Å². The van der Waals surface area contributed by atoms with Crippen LogP contribution >= 0.6 is 0 Å². The molecule has 2 heteroatoms. The molecule has 1 aliphatic heterocycles. The van der Waals surface area contributed by atoms with Crippen molar-refractivity contribution < 1.29 is 9.47 Å². The molecular weight excluding hydrogens is 152 g/mol. The van der Waals surface area contributed by atoms with Crippen LogP contribution < -0.4 is 0 Å². The molecule has 1 fully saturated rings. The van der Waals surface area contributed by atoms with Crippen molar-refractivity contribution in [1.29, 1.82) is 0 Å². The lowest BCUT2D eigenvalue weighted by Gasteiger charge is -2.16. The molecule has 1 saturated heterocycles. The van der Waals surface area contributed by atoms with Gasteiger partial charge in [0, 0.05) is 6.42 Å². The molecule has 0 N–H and O–H groups in total. The SMILES string of the molecule is CC(C)C[C@@H](C)CC1OCCO1. The Hall–Kier alpha value is -0.0800. The summed E-state index contributed by atoms with van der Waals surface area (Å²) in [5.41, 5.74) is 0. The minimum Gasteiger partial charge on any atom is -0.350 e. The molecule has 1 aliphatic rings.